The lowest BCUT2D eigenvalue weighted by atomic mass is 10.1. The number of carboxylic acids is 1. The minimum atomic E-state index is -1.15. The summed E-state index contributed by atoms with van der Waals surface area (Å²) in [7, 11) is 0. The smallest absolute Gasteiger partial charge is 0.337 e. The molecule has 21 heavy (non-hydrogen) atoms. The number of benzene rings is 2. The lowest BCUT2D eigenvalue weighted by Gasteiger charge is -2.08. The van der Waals surface area contributed by atoms with Gasteiger partial charge in [0.2, 0.25) is 5.91 Å². The second kappa shape index (κ2) is 6.72. The third-order valence-corrected chi connectivity index (χ3v) is 3.03. The number of carbonyl (C=O) groups is 2. The summed E-state index contributed by atoms with van der Waals surface area (Å²) in [6.45, 7) is 0. The average Bonchev–Trinajstić information content (AvgIpc) is 2.48. The average molecular weight is 302 g/mol. The number of anilines is 1. The fraction of sp³-hybridized carbons (Fsp3) is 0. The zero-order valence-electron chi connectivity index (χ0n) is 10.9. The Hall–Kier alpha value is -2.59. The van der Waals surface area contributed by atoms with Crippen molar-refractivity contribution in [3.63, 3.8) is 0 Å². The number of halogens is 1. The summed E-state index contributed by atoms with van der Waals surface area (Å²) < 4.78 is 0. The summed E-state index contributed by atoms with van der Waals surface area (Å²) in [5.41, 5.74) is 0.906. The standard InChI is InChI=1S/C16H12ClNO3/c17-13-8-4-7-12(16(20)21)15(13)18-14(19)10-9-11-5-2-1-3-6-11/h1-10H,(H,18,19)(H,20,21)/b10-9+. The van der Waals surface area contributed by atoms with Crippen molar-refractivity contribution in [1.29, 1.82) is 0 Å². The highest BCUT2D eigenvalue weighted by Crippen LogP contribution is 2.26. The van der Waals surface area contributed by atoms with E-state index in [-0.39, 0.29) is 16.3 Å². The number of nitrogens with one attached hydrogen (secondary N) is 1. The van der Waals surface area contributed by atoms with Crippen LogP contribution >= 0.6 is 11.6 Å². The fourth-order valence-corrected chi connectivity index (χ4v) is 1.95. The van der Waals surface area contributed by atoms with Crippen LogP contribution in [0.2, 0.25) is 5.02 Å². The van der Waals surface area contributed by atoms with Crippen LogP contribution in [-0.2, 0) is 4.79 Å². The Balaban J connectivity index is 2.17. The van der Waals surface area contributed by atoms with Gasteiger partial charge in [0.25, 0.3) is 0 Å². The van der Waals surface area contributed by atoms with Crippen molar-refractivity contribution in [2.24, 2.45) is 0 Å². The van der Waals surface area contributed by atoms with Crippen LogP contribution in [0.5, 0.6) is 0 Å². The van der Waals surface area contributed by atoms with Crippen molar-refractivity contribution < 1.29 is 14.7 Å². The predicted octanol–water partition coefficient (Wildman–Crippen LogP) is 3.69. The van der Waals surface area contributed by atoms with Gasteiger partial charge in [-0.1, -0.05) is 48.0 Å². The minimum Gasteiger partial charge on any atom is -0.478 e. The molecule has 4 nitrogen and oxygen atoms in total. The van der Waals surface area contributed by atoms with Gasteiger partial charge in [0.1, 0.15) is 0 Å². The van der Waals surface area contributed by atoms with Crippen molar-refractivity contribution in [3.8, 4) is 0 Å². The van der Waals surface area contributed by atoms with E-state index < -0.39 is 11.9 Å². The third kappa shape index (κ3) is 3.94. The molecule has 0 saturated heterocycles. The number of carbonyl (C=O) groups excluding carboxylic acids is 1. The normalized spacial score (nSPS) is 10.5. The molecule has 0 aliphatic carbocycles. The van der Waals surface area contributed by atoms with Crippen LogP contribution in [0.4, 0.5) is 5.69 Å². The molecule has 1 amide bonds. The summed E-state index contributed by atoms with van der Waals surface area (Å²) in [4.78, 5) is 23.0. The molecule has 106 valence electrons. The maximum absolute atomic E-state index is 11.9. The van der Waals surface area contributed by atoms with E-state index in [0.29, 0.717) is 0 Å². The lowest BCUT2D eigenvalue weighted by molar-refractivity contribution is -0.111. The molecule has 0 spiro atoms. The van der Waals surface area contributed by atoms with E-state index in [1.54, 1.807) is 6.08 Å². The maximum atomic E-state index is 11.9. The number of rotatable bonds is 4. The fourth-order valence-electron chi connectivity index (χ4n) is 1.73. The summed E-state index contributed by atoms with van der Waals surface area (Å²) in [6, 6.07) is 13.7. The molecule has 0 aliphatic rings. The molecule has 5 heteroatoms. The second-order valence-corrected chi connectivity index (χ2v) is 4.61. The van der Waals surface area contributed by atoms with E-state index in [2.05, 4.69) is 5.32 Å². The van der Waals surface area contributed by atoms with Crippen LogP contribution in [0.25, 0.3) is 6.08 Å². The number of hydrogen-bond donors (Lipinski definition) is 2. The molecule has 2 rings (SSSR count). The molecule has 0 saturated carbocycles. The van der Waals surface area contributed by atoms with E-state index in [1.165, 1.54) is 24.3 Å². The highest BCUT2D eigenvalue weighted by Gasteiger charge is 2.14. The van der Waals surface area contributed by atoms with Gasteiger partial charge in [-0.2, -0.15) is 0 Å². The molecule has 0 heterocycles. The van der Waals surface area contributed by atoms with Gasteiger partial charge in [-0.05, 0) is 23.8 Å². The largest absolute Gasteiger partial charge is 0.478 e. The van der Waals surface area contributed by atoms with Crippen LogP contribution in [0.1, 0.15) is 15.9 Å². The Morgan fingerprint density at radius 3 is 2.43 bits per heavy atom. The molecule has 0 aliphatic heterocycles. The molecule has 2 aromatic rings. The van der Waals surface area contributed by atoms with Crippen LogP contribution in [0, 0.1) is 0 Å². The predicted molar refractivity (Wildman–Crippen MR) is 82.5 cm³/mol. The first-order valence-electron chi connectivity index (χ1n) is 6.14. The molecular weight excluding hydrogens is 290 g/mol. The van der Waals surface area contributed by atoms with Crippen molar-refractivity contribution in [2.75, 3.05) is 5.32 Å². The van der Waals surface area contributed by atoms with E-state index in [1.807, 2.05) is 30.3 Å². The molecule has 0 bridgehead atoms. The van der Waals surface area contributed by atoms with Gasteiger partial charge in [-0.15, -0.1) is 0 Å². The number of aromatic carboxylic acids is 1. The van der Waals surface area contributed by atoms with E-state index in [0.717, 1.165) is 5.56 Å². The van der Waals surface area contributed by atoms with Gasteiger partial charge >= 0.3 is 5.97 Å². The van der Waals surface area contributed by atoms with Crippen molar-refractivity contribution >= 4 is 35.2 Å². The molecule has 0 atom stereocenters. The SMILES string of the molecule is O=C(/C=C/c1ccccc1)Nc1c(Cl)cccc1C(=O)O. The molecule has 0 radical (unpaired) electrons. The lowest BCUT2D eigenvalue weighted by Crippen LogP contribution is -2.12. The molecule has 2 aromatic carbocycles. The Bertz CT molecular complexity index is 696. The monoisotopic (exact) mass is 301 g/mol. The van der Waals surface area contributed by atoms with Crippen LogP contribution in [-0.4, -0.2) is 17.0 Å². The van der Waals surface area contributed by atoms with Crippen molar-refractivity contribution in [3.05, 3.63) is 70.8 Å². The molecule has 0 fully saturated rings. The summed E-state index contributed by atoms with van der Waals surface area (Å²) in [6.07, 6.45) is 2.96. The van der Waals surface area contributed by atoms with Crippen molar-refractivity contribution in [1.82, 2.24) is 0 Å². The first-order valence-corrected chi connectivity index (χ1v) is 6.51. The van der Waals surface area contributed by atoms with E-state index in [4.69, 9.17) is 16.7 Å². The van der Waals surface area contributed by atoms with Crippen LogP contribution in [0.3, 0.4) is 0 Å². The first-order chi connectivity index (χ1) is 10.1. The summed E-state index contributed by atoms with van der Waals surface area (Å²) in [5.74, 6) is -1.60. The van der Waals surface area contributed by atoms with Gasteiger partial charge in [0.15, 0.2) is 0 Å². The summed E-state index contributed by atoms with van der Waals surface area (Å²) >= 11 is 5.93. The molecule has 2 N–H and O–H groups in total. The van der Waals surface area contributed by atoms with Gasteiger partial charge < -0.3 is 10.4 Å². The van der Waals surface area contributed by atoms with Gasteiger partial charge in [0.05, 0.1) is 16.3 Å². The Labute approximate surface area is 126 Å². The molecular formula is C16H12ClNO3. The third-order valence-electron chi connectivity index (χ3n) is 2.72. The number of amides is 1. The number of para-hydroxylation sites is 1. The van der Waals surface area contributed by atoms with E-state index in [9.17, 15) is 9.59 Å². The number of carboxylic acid groups (broad SMARTS) is 1. The zero-order chi connectivity index (χ0) is 15.2. The van der Waals surface area contributed by atoms with Gasteiger partial charge in [-0.25, -0.2) is 4.79 Å². The minimum absolute atomic E-state index is 0.0519. The Morgan fingerprint density at radius 2 is 1.76 bits per heavy atom. The zero-order valence-corrected chi connectivity index (χ0v) is 11.7. The topological polar surface area (TPSA) is 66.4 Å². The van der Waals surface area contributed by atoms with Crippen LogP contribution in [0.15, 0.2) is 54.6 Å². The Morgan fingerprint density at radius 1 is 1.05 bits per heavy atom. The van der Waals surface area contributed by atoms with Gasteiger partial charge in [0, 0.05) is 6.08 Å². The van der Waals surface area contributed by atoms with Crippen LogP contribution < -0.4 is 5.32 Å². The van der Waals surface area contributed by atoms with Crippen molar-refractivity contribution in [2.45, 2.75) is 0 Å². The first kappa shape index (κ1) is 14.8. The Kier molecular flexibility index (Phi) is 4.74. The molecule has 0 unspecified atom stereocenters. The highest BCUT2D eigenvalue weighted by molar-refractivity contribution is 6.34. The quantitative estimate of drug-likeness (QED) is 0.846. The number of hydrogen-bond acceptors (Lipinski definition) is 2. The molecule has 0 aromatic heterocycles. The van der Waals surface area contributed by atoms with Gasteiger partial charge in [-0.3, -0.25) is 4.79 Å². The van der Waals surface area contributed by atoms with E-state index >= 15 is 0 Å². The summed E-state index contributed by atoms with van der Waals surface area (Å²) in [5, 5.41) is 11.8. The maximum Gasteiger partial charge on any atom is 0.337 e. The highest BCUT2D eigenvalue weighted by atomic mass is 35.5. The second-order valence-electron chi connectivity index (χ2n) is 4.20.